The highest BCUT2D eigenvalue weighted by Gasteiger charge is 2.26. The molecule has 2 heterocycles. The van der Waals surface area contributed by atoms with Gasteiger partial charge in [-0.2, -0.15) is 5.10 Å². The van der Waals surface area contributed by atoms with Crippen molar-refractivity contribution in [3.8, 4) is 11.5 Å². The summed E-state index contributed by atoms with van der Waals surface area (Å²) in [5.74, 6) is -0.927. The van der Waals surface area contributed by atoms with Gasteiger partial charge < -0.3 is 25.0 Å². The van der Waals surface area contributed by atoms with Gasteiger partial charge in [-0.05, 0) is 37.8 Å². The number of para-hydroxylation sites is 2. The smallest absolute Gasteiger partial charge is 0.347 e. The summed E-state index contributed by atoms with van der Waals surface area (Å²) >= 11 is 0. The van der Waals surface area contributed by atoms with Crippen molar-refractivity contribution < 1.29 is 29.3 Å². The van der Waals surface area contributed by atoms with Crippen LogP contribution in [0.15, 0.2) is 52.2 Å². The molecule has 0 bridgehead atoms. The topological polar surface area (TPSA) is 162 Å². The van der Waals surface area contributed by atoms with Gasteiger partial charge in [0.15, 0.2) is 11.5 Å². The number of carboxylic acid groups (broad SMARTS) is 2. The third kappa shape index (κ3) is 7.27. The number of carbonyl (C=O) groups is 2. The molecule has 1 saturated carbocycles. The molecule has 0 amide bonds. The normalized spacial score (nSPS) is 21.1. The zero-order valence-corrected chi connectivity index (χ0v) is 19.2. The third-order valence-electron chi connectivity index (χ3n) is 5.72. The van der Waals surface area contributed by atoms with Crippen molar-refractivity contribution in [2.45, 2.75) is 43.9 Å². The molecule has 0 radical (unpaired) electrons. The van der Waals surface area contributed by atoms with Crippen LogP contribution >= 0.6 is 0 Å². The predicted octanol–water partition coefficient (Wildman–Crippen LogP) is 0.567. The molecule has 1 unspecified atom stereocenters. The molecule has 188 valence electrons. The molecule has 2 aromatic rings. The highest BCUT2D eigenvalue weighted by Crippen LogP contribution is 2.31. The van der Waals surface area contributed by atoms with E-state index in [1.54, 1.807) is 0 Å². The highest BCUT2D eigenvalue weighted by molar-refractivity contribution is 5.89. The zero-order chi connectivity index (χ0) is 25.4. The molecule has 1 aromatic carbocycles. The summed E-state index contributed by atoms with van der Waals surface area (Å²) < 4.78 is 14.3. The summed E-state index contributed by atoms with van der Waals surface area (Å²) in [6.07, 6.45) is 5.93. The summed E-state index contributed by atoms with van der Waals surface area (Å²) in [5.41, 5.74) is -0.715. The van der Waals surface area contributed by atoms with Gasteiger partial charge in [-0.15, -0.1) is 0 Å². The Morgan fingerprint density at radius 3 is 2.34 bits per heavy atom. The quantitative estimate of drug-likeness (QED) is 0.490. The van der Waals surface area contributed by atoms with Gasteiger partial charge in [-0.25, -0.2) is 19.1 Å². The molecule has 1 aliphatic carbocycles. The van der Waals surface area contributed by atoms with E-state index in [1.807, 2.05) is 24.3 Å². The summed E-state index contributed by atoms with van der Waals surface area (Å²) in [4.78, 5) is 42.8. The van der Waals surface area contributed by atoms with Crippen LogP contribution in [0.1, 0.15) is 31.7 Å². The van der Waals surface area contributed by atoms with Gasteiger partial charge in [0.25, 0.3) is 5.56 Å². The summed E-state index contributed by atoms with van der Waals surface area (Å²) in [6.45, 7) is 1.26. The first-order chi connectivity index (χ1) is 16.7. The number of ether oxygens (including phenoxy) is 2. The molecule has 4 rings (SSSR count). The van der Waals surface area contributed by atoms with Gasteiger partial charge >= 0.3 is 17.6 Å². The van der Waals surface area contributed by atoms with E-state index in [1.165, 1.54) is 17.9 Å². The van der Waals surface area contributed by atoms with Crippen LogP contribution in [0.5, 0.6) is 11.5 Å². The monoisotopic (exact) mass is 488 g/mol. The van der Waals surface area contributed by atoms with E-state index in [9.17, 15) is 19.2 Å². The second-order valence-electron chi connectivity index (χ2n) is 8.19. The second kappa shape index (κ2) is 12.0. The van der Waals surface area contributed by atoms with Gasteiger partial charge in [0.1, 0.15) is 18.9 Å². The van der Waals surface area contributed by atoms with E-state index >= 15 is 0 Å². The first-order valence-corrected chi connectivity index (χ1v) is 11.1. The van der Waals surface area contributed by atoms with Gasteiger partial charge in [-0.1, -0.05) is 12.1 Å². The van der Waals surface area contributed by atoms with Crippen LogP contribution in [-0.2, 0) is 16.6 Å². The molecule has 0 spiro atoms. The number of aromatic nitrogens is 3. The fraction of sp³-hybridized carbons (Fsp3) is 0.435. The lowest BCUT2D eigenvalue weighted by molar-refractivity contribution is -0.134. The molecule has 1 aromatic heterocycles. The molecular formula is C23H28N4O8. The minimum absolute atomic E-state index is 0.00874. The van der Waals surface area contributed by atoms with Crippen LogP contribution in [-0.4, -0.2) is 61.8 Å². The summed E-state index contributed by atoms with van der Waals surface area (Å²) in [7, 11) is 1.49. The Hall–Kier alpha value is -3.93. The third-order valence-corrected chi connectivity index (χ3v) is 5.72. The molecule has 12 nitrogen and oxygen atoms in total. The van der Waals surface area contributed by atoms with Crippen LogP contribution in [0, 0.1) is 0 Å². The van der Waals surface area contributed by atoms with E-state index < -0.39 is 11.9 Å². The SMILES string of the molecule is Cn1c(=O)cnn(C2CCC(NCC3COc4ccccc4O3)CC2)c1=O.O=C(O)/C=C/C(=O)O. The standard InChI is InChI=1S/C19H24N4O4.C4H4O4/c1-22-18(24)11-21-23(19(22)25)14-8-6-13(7-9-14)20-10-15-12-26-16-4-2-3-5-17(16)27-15;5-3(6)1-2-4(7)8/h2-5,11,13-15,20H,6-10,12H2,1H3;1-2H,(H,5,6)(H,7,8)/b;2-1+. The number of nitrogens with zero attached hydrogens (tertiary/aromatic N) is 3. The Morgan fingerprint density at radius 2 is 1.71 bits per heavy atom. The average molecular weight is 488 g/mol. The van der Waals surface area contributed by atoms with Gasteiger partial charge in [0, 0.05) is 31.8 Å². The molecule has 1 aliphatic heterocycles. The summed E-state index contributed by atoms with van der Waals surface area (Å²) in [6, 6.07) is 8.13. The van der Waals surface area contributed by atoms with Crippen LogP contribution in [0.4, 0.5) is 0 Å². The molecular weight excluding hydrogens is 460 g/mol. The number of nitrogens with one attached hydrogen (secondary N) is 1. The Bertz CT molecular complexity index is 1160. The van der Waals surface area contributed by atoms with Crippen molar-refractivity contribution in [3.63, 3.8) is 0 Å². The van der Waals surface area contributed by atoms with Crippen molar-refractivity contribution >= 4 is 11.9 Å². The Morgan fingerprint density at radius 1 is 1.09 bits per heavy atom. The van der Waals surface area contributed by atoms with E-state index in [2.05, 4.69) is 10.4 Å². The maximum atomic E-state index is 12.2. The molecule has 3 N–H and O–H groups in total. The minimum Gasteiger partial charge on any atom is -0.486 e. The van der Waals surface area contributed by atoms with Gasteiger partial charge in [-0.3, -0.25) is 9.36 Å². The first kappa shape index (κ1) is 25.7. The first-order valence-electron chi connectivity index (χ1n) is 11.1. The number of benzene rings is 1. The zero-order valence-electron chi connectivity index (χ0n) is 19.2. The van der Waals surface area contributed by atoms with E-state index in [4.69, 9.17) is 19.7 Å². The maximum Gasteiger partial charge on any atom is 0.347 e. The van der Waals surface area contributed by atoms with Gasteiger partial charge in [0.2, 0.25) is 0 Å². The largest absolute Gasteiger partial charge is 0.486 e. The van der Waals surface area contributed by atoms with Crippen LogP contribution < -0.4 is 26.0 Å². The number of fused-ring (bicyclic) bond motifs is 1. The van der Waals surface area contributed by atoms with E-state index in [-0.39, 0.29) is 23.4 Å². The Labute approximate surface area is 200 Å². The average Bonchev–Trinajstić information content (AvgIpc) is 2.85. The van der Waals surface area contributed by atoms with Crippen molar-refractivity contribution in [2.75, 3.05) is 13.2 Å². The second-order valence-corrected chi connectivity index (χ2v) is 8.19. The molecule has 1 atom stereocenters. The lowest BCUT2D eigenvalue weighted by Crippen LogP contribution is -2.45. The van der Waals surface area contributed by atoms with E-state index in [0.29, 0.717) is 24.8 Å². The number of hydrogen-bond donors (Lipinski definition) is 3. The lowest BCUT2D eigenvalue weighted by Gasteiger charge is -2.32. The Kier molecular flexibility index (Phi) is 8.79. The van der Waals surface area contributed by atoms with Crippen LogP contribution in [0.25, 0.3) is 0 Å². The Balaban J connectivity index is 0.000000371. The minimum atomic E-state index is -1.26. The van der Waals surface area contributed by atoms with Gasteiger partial charge in [0.05, 0.1) is 6.04 Å². The fourth-order valence-electron chi connectivity index (χ4n) is 3.87. The summed E-state index contributed by atoms with van der Waals surface area (Å²) in [5, 5.41) is 23.2. The molecule has 0 saturated heterocycles. The number of aliphatic carboxylic acids is 2. The molecule has 2 aliphatic rings. The molecule has 35 heavy (non-hydrogen) atoms. The van der Waals surface area contributed by atoms with E-state index in [0.717, 1.165) is 48.3 Å². The number of hydrogen-bond acceptors (Lipinski definition) is 8. The van der Waals surface area contributed by atoms with Crippen LogP contribution in [0.2, 0.25) is 0 Å². The highest BCUT2D eigenvalue weighted by atomic mass is 16.6. The van der Waals surface area contributed by atoms with Crippen molar-refractivity contribution in [3.05, 3.63) is 63.5 Å². The number of carboxylic acids is 2. The molecule has 12 heteroatoms. The van der Waals surface area contributed by atoms with Crippen LogP contribution in [0.3, 0.4) is 0 Å². The van der Waals surface area contributed by atoms with Crippen molar-refractivity contribution in [1.82, 2.24) is 19.7 Å². The molecule has 1 fully saturated rings. The van der Waals surface area contributed by atoms with Crippen molar-refractivity contribution in [1.29, 1.82) is 0 Å². The maximum absolute atomic E-state index is 12.2. The lowest BCUT2D eigenvalue weighted by atomic mass is 9.91. The number of rotatable bonds is 6. The van der Waals surface area contributed by atoms with Crippen molar-refractivity contribution in [2.24, 2.45) is 7.05 Å². The fourth-order valence-corrected chi connectivity index (χ4v) is 3.87. The predicted molar refractivity (Wildman–Crippen MR) is 124 cm³/mol.